The maximum atomic E-state index is 11.1. The lowest BCUT2D eigenvalue weighted by atomic mass is 10.2. The smallest absolute Gasteiger partial charge is 0.332 e. The van der Waals surface area contributed by atoms with E-state index in [1.54, 1.807) is 6.07 Å². The van der Waals surface area contributed by atoms with Crippen molar-refractivity contribution in [3.05, 3.63) is 44.7 Å². The highest BCUT2D eigenvalue weighted by molar-refractivity contribution is 6.28. The Hall–Kier alpha value is -2.15. The first-order valence-electron chi connectivity index (χ1n) is 5.90. The first kappa shape index (κ1) is 14.3. The van der Waals surface area contributed by atoms with E-state index in [9.17, 15) is 10.1 Å². The van der Waals surface area contributed by atoms with Crippen molar-refractivity contribution >= 4 is 23.1 Å². The Labute approximate surface area is 120 Å². The molecule has 20 heavy (non-hydrogen) atoms. The molecule has 8 heteroatoms. The van der Waals surface area contributed by atoms with E-state index in [4.69, 9.17) is 16.0 Å². The van der Waals surface area contributed by atoms with Crippen LogP contribution in [0.2, 0.25) is 5.28 Å². The molecule has 7 nitrogen and oxygen atoms in total. The van der Waals surface area contributed by atoms with Gasteiger partial charge in [-0.05, 0) is 44.5 Å². The molecule has 2 heterocycles. The summed E-state index contributed by atoms with van der Waals surface area (Å²) in [5, 5.41) is 14.0. The molecule has 0 aromatic carbocycles. The Morgan fingerprint density at radius 1 is 1.40 bits per heavy atom. The van der Waals surface area contributed by atoms with Gasteiger partial charge in [0.15, 0.2) is 0 Å². The molecule has 2 aromatic heterocycles. The molecule has 2 aromatic rings. The van der Waals surface area contributed by atoms with Crippen LogP contribution < -0.4 is 5.32 Å². The largest absolute Gasteiger partial charge is 0.464 e. The zero-order valence-electron chi connectivity index (χ0n) is 11.2. The maximum Gasteiger partial charge on any atom is 0.332 e. The molecule has 0 radical (unpaired) electrons. The number of aromatic nitrogens is 2. The highest BCUT2D eigenvalue weighted by atomic mass is 35.5. The van der Waals surface area contributed by atoms with Crippen molar-refractivity contribution in [2.75, 3.05) is 5.32 Å². The standard InChI is InChI=1S/C12H13ClN4O3/c1-6-4-5-9(20-6)7(2)14-11-10(17(18)19)8(3)15-12(13)16-11/h4-5,7H,1-3H3,(H,14,15,16). The monoisotopic (exact) mass is 296 g/mol. The van der Waals surface area contributed by atoms with Crippen LogP contribution in [0.4, 0.5) is 11.5 Å². The van der Waals surface area contributed by atoms with Crippen LogP contribution in [-0.2, 0) is 0 Å². The minimum Gasteiger partial charge on any atom is -0.464 e. The fraction of sp³-hybridized carbons (Fsp3) is 0.333. The summed E-state index contributed by atoms with van der Waals surface area (Å²) in [5.41, 5.74) is 0.0184. The molecule has 0 bridgehead atoms. The van der Waals surface area contributed by atoms with E-state index in [2.05, 4.69) is 15.3 Å². The van der Waals surface area contributed by atoms with Crippen LogP contribution in [0.25, 0.3) is 0 Å². The van der Waals surface area contributed by atoms with Crippen LogP contribution in [0, 0.1) is 24.0 Å². The topological polar surface area (TPSA) is 94.1 Å². The van der Waals surface area contributed by atoms with E-state index in [-0.39, 0.29) is 28.5 Å². The van der Waals surface area contributed by atoms with Crippen molar-refractivity contribution in [2.24, 2.45) is 0 Å². The zero-order valence-corrected chi connectivity index (χ0v) is 11.9. The number of rotatable bonds is 4. The normalized spacial score (nSPS) is 12.2. The van der Waals surface area contributed by atoms with Gasteiger partial charge in [0.05, 0.1) is 11.0 Å². The Morgan fingerprint density at radius 3 is 2.65 bits per heavy atom. The first-order valence-corrected chi connectivity index (χ1v) is 6.27. The van der Waals surface area contributed by atoms with Crippen molar-refractivity contribution in [1.82, 2.24) is 9.97 Å². The number of hydrogen-bond donors (Lipinski definition) is 1. The van der Waals surface area contributed by atoms with Gasteiger partial charge in [-0.25, -0.2) is 4.98 Å². The summed E-state index contributed by atoms with van der Waals surface area (Å²) in [6.07, 6.45) is 0. The average Bonchev–Trinajstić information content (AvgIpc) is 2.74. The number of hydrogen-bond acceptors (Lipinski definition) is 6. The molecule has 106 valence electrons. The van der Waals surface area contributed by atoms with Gasteiger partial charge in [0.1, 0.15) is 17.2 Å². The van der Waals surface area contributed by atoms with Crippen LogP contribution in [0.1, 0.15) is 30.2 Å². The summed E-state index contributed by atoms with van der Waals surface area (Å²) in [6, 6.07) is 3.34. The number of nitro groups is 1. The van der Waals surface area contributed by atoms with Gasteiger partial charge < -0.3 is 9.73 Å². The lowest BCUT2D eigenvalue weighted by Crippen LogP contribution is -2.11. The molecule has 2 rings (SSSR count). The molecule has 0 spiro atoms. The van der Waals surface area contributed by atoms with Gasteiger partial charge in [0.25, 0.3) is 0 Å². The van der Waals surface area contributed by atoms with Gasteiger partial charge in [-0.15, -0.1) is 0 Å². The third-order valence-electron chi connectivity index (χ3n) is 2.75. The van der Waals surface area contributed by atoms with Crippen LogP contribution in [-0.4, -0.2) is 14.9 Å². The maximum absolute atomic E-state index is 11.1. The molecular formula is C12H13ClN4O3. The number of halogens is 1. The third kappa shape index (κ3) is 2.88. The van der Waals surface area contributed by atoms with E-state index in [1.807, 2.05) is 19.9 Å². The van der Waals surface area contributed by atoms with E-state index in [0.717, 1.165) is 5.76 Å². The molecule has 0 saturated heterocycles. The summed E-state index contributed by atoms with van der Waals surface area (Å²) in [6.45, 7) is 5.15. The SMILES string of the molecule is Cc1ccc(C(C)Nc2nc(Cl)nc(C)c2[N+](=O)[O-])o1. The van der Waals surface area contributed by atoms with Crippen LogP contribution in [0.15, 0.2) is 16.5 Å². The van der Waals surface area contributed by atoms with E-state index in [1.165, 1.54) is 6.92 Å². The molecule has 1 atom stereocenters. The van der Waals surface area contributed by atoms with E-state index >= 15 is 0 Å². The second-order valence-corrected chi connectivity index (χ2v) is 4.68. The number of aryl methyl sites for hydroxylation is 2. The fourth-order valence-corrected chi connectivity index (χ4v) is 2.03. The summed E-state index contributed by atoms with van der Waals surface area (Å²) in [7, 11) is 0. The summed E-state index contributed by atoms with van der Waals surface area (Å²) in [4.78, 5) is 18.2. The first-order chi connectivity index (χ1) is 9.38. The van der Waals surface area contributed by atoms with Crippen molar-refractivity contribution in [3.8, 4) is 0 Å². The van der Waals surface area contributed by atoms with Gasteiger partial charge in [0.2, 0.25) is 11.1 Å². The number of nitrogens with one attached hydrogen (secondary N) is 1. The van der Waals surface area contributed by atoms with Crippen molar-refractivity contribution in [2.45, 2.75) is 26.8 Å². The van der Waals surface area contributed by atoms with Crippen LogP contribution in [0.3, 0.4) is 0 Å². The molecule has 0 fully saturated rings. The average molecular weight is 297 g/mol. The molecule has 0 saturated carbocycles. The van der Waals surface area contributed by atoms with Gasteiger partial charge in [-0.1, -0.05) is 0 Å². The Kier molecular flexibility index (Phi) is 3.89. The summed E-state index contributed by atoms with van der Waals surface area (Å²) in [5.74, 6) is 1.50. The lowest BCUT2D eigenvalue weighted by Gasteiger charge is -2.13. The highest BCUT2D eigenvalue weighted by Crippen LogP contribution is 2.30. The van der Waals surface area contributed by atoms with Gasteiger partial charge in [-0.3, -0.25) is 10.1 Å². The Balaban J connectivity index is 2.35. The second-order valence-electron chi connectivity index (χ2n) is 4.35. The zero-order chi connectivity index (χ0) is 14.9. The van der Waals surface area contributed by atoms with Crippen molar-refractivity contribution in [1.29, 1.82) is 0 Å². The molecule has 1 N–H and O–H groups in total. The fourth-order valence-electron chi connectivity index (χ4n) is 1.81. The predicted octanol–water partition coefficient (Wildman–Crippen LogP) is 3.42. The van der Waals surface area contributed by atoms with E-state index < -0.39 is 4.92 Å². The molecule has 0 amide bonds. The molecule has 0 aliphatic rings. The molecule has 1 unspecified atom stereocenters. The quantitative estimate of drug-likeness (QED) is 0.528. The number of anilines is 1. The highest BCUT2D eigenvalue weighted by Gasteiger charge is 2.23. The Morgan fingerprint density at radius 2 is 2.10 bits per heavy atom. The number of nitrogens with zero attached hydrogens (tertiary/aromatic N) is 3. The van der Waals surface area contributed by atoms with Crippen molar-refractivity contribution < 1.29 is 9.34 Å². The minimum absolute atomic E-state index is 0.0431. The predicted molar refractivity (Wildman–Crippen MR) is 73.9 cm³/mol. The Bertz CT molecular complexity index is 656. The molecular weight excluding hydrogens is 284 g/mol. The van der Waals surface area contributed by atoms with Gasteiger partial charge in [-0.2, -0.15) is 4.98 Å². The van der Waals surface area contributed by atoms with Gasteiger partial charge in [0, 0.05) is 0 Å². The van der Waals surface area contributed by atoms with Gasteiger partial charge >= 0.3 is 5.69 Å². The van der Waals surface area contributed by atoms with Crippen LogP contribution in [0.5, 0.6) is 0 Å². The van der Waals surface area contributed by atoms with Crippen molar-refractivity contribution in [3.63, 3.8) is 0 Å². The summed E-state index contributed by atoms with van der Waals surface area (Å²) < 4.78 is 5.47. The molecule has 0 aliphatic heterocycles. The number of furan rings is 1. The third-order valence-corrected chi connectivity index (χ3v) is 2.92. The minimum atomic E-state index is -0.534. The van der Waals surface area contributed by atoms with E-state index in [0.29, 0.717) is 5.76 Å². The second kappa shape index (κ2) is 5.46. The lowest BCUT2D eigenvalue weighted by molar-refractivity contribution is -0.385. The molecule has 0 aliphatic carbocycles. The summed E-state index contributed by atoms with van der Waals surface area (Å²) >= 11 is 5.75. The van der Waals surface area contributed by atoms with Crippen LogP contribution >= 0.6 is 11.6 Å².